The van der Waals surface area contributed by atoms with E-state index in [9.17, 15) is 4.79 Å². The number of nitrogens with one attached hydrogen (secondary N) is 2. The summed E-state index contributed by atoms with van der Waals surface area (Å²) in [6.07, 6.45) is 7.35. The standard InChI is InChI=1S/C20H31N5O2/c1-13-19(14(2)24-23-13)20(26)25-8-6-15(7-9-25)11-27-18-10-17(21-12-22-18)16-4-3-5-16/h10,12-16,19,23-24H,3-9,11H2,1-2H3. The molecule has 2 N–H and O–H groups in total. The van der Waals surface area contributed by atoms with Crippen LogP contribution in [-0.4, -0.2) is 52.6 Å². The highest BCUT2D eigenvalue weighted by Gasteiger charge is 2.39. The van der Waals surface area contributed by atoms with Crippen molar-refractivity contribution in [2.45, 2.75) is 64.0 Å². The van der Waals surface area contributed by atoms with Crippen LogP contribution in [-0.2, 0) is 4.79 Å². The van der Waals surface area contributed by atoms with Crippen LogP contribution in [0.15, 0.2) is 12.4 Å². The average molecular weight is 374 g/mol. The van der Waals surface area contributed by atoms with E-state index in [0.717, 1.165) is 31.6 Å². The van der Waals surface area contributed by atoms with Crippen molar-refractivity contribution >= 4 is 5.91 Å². The molecule has 7 heteroatoms. The van der Waals surface area contributed by atoms with Gasteiger partial charge in [0.25, 0.3) is 0 Å². The summed E-state index contributed by atoms with van der Waals surface area (Å²) < 4.78 is 5.96. The Kier molecular flexibility index (Phi) is 5.59. The lowest BCUT2D eigenvalue weighted by atomic mass is 9.83. The van der Waals surface area contributed by atoms with Crippen LogP contribution in [0.25, 0.3) is 0 Å². The summed E-state index contributed by atoms with van der Waals surface area (Å²) >= 11 is 0. The third kappa shape index (κ3) is 4.09. The first-order valence-corrected chi connectivity index (χ1v) is 10.4. The lowest BCUT2D eigenvalue weighted by Crippen LogP contribution is -2.47. The molecule has 0 aromatic carbocycles. The Morgan fingerprint density at radius 3 is 2.48 bits per heavy atom. The first kappa shape index (κ1) is 18.6. The highest BCUT2D eigenvalue weighted by Crippen LogP contribution is 2.35. The van der Waals surface area contributed by atoms with Gasteiger partial charge in [-0.05, 0) is 45.4 Å². The molecule has 2 aliphatic heterocycles. The molecular weight excluding hydrogens is 342 g/mol. The van der Waals surface area contributed by atoms with Gasteiger partial charge >= 0.3 is 0 Å². The van der Waals surface area contributed by atoms with E-state index in [-0.39, 0.29) is 23.9 Å². The molecule has 3 heterocycles. The number of carbonyl (C=O) groups is 1. The third-order valence-corrected chi connectivity index (χ3v) is 6.48. The van der Waals surface area contributed by atoms with E-state index >= 15 is 0 Å². The molecule has 3 fully saturated rings. The number of hydrogen-bond acceptors (Lipinski definition) is 6. The van der Waals surface area contributed by atoms with Crippen molar-refractivity contribution in [3.63, 3.8) is 0 Å². The van der Waals surface area contributed by atoms with Gasteiger partial charge in [0.15, 0.2) is 0 Å². The second-order valence-electron chi connectivity index (χ2n) is 8.38. The fourth-order valence-corrected chi connectivity index (χ4v) is 4.40. The Morgan fingerprint density at radius 2 is 1.85 bits per heavy atom. The molecule has 1 amide bonds. The molecule has 0 radical (unpaired) electrons. The van der Waals surface area contributed by atoms with Crippen molar-refractivity contribution < 1.29 is 9.53 Å². The van der Waals surface area contributed by atoms with Gasteiger partial charge in [-0.15, -0.1) is 0 Å². The molecule has 1 aliphatic carbocycles. The number of piperidine rings is 1. The van der Waals surface area contributed by atoms with Gasteiger partial charge in [0.1, 0.15) is 6.33 Å². The van der Waals surface area contributed by atoms with E-state index in [4.69, 9.17) is 4.74 Å². The van der Waals surface area contributed by atoms with Crippen LogP contribution in [0.4, 0.5) is 0 Å². The van der Waals surface area contributed by atoms with Crippen LogP contribution in [0.3, 0.4) is 0 Å². The second kappa shape index (κ2) is 8.10. The molecule has 0 bridgehead atoms. The summed E-state index contributed by atoms with van der Waals surface area (Å²) in [6.45, 7) is 6.45. The molecule has 27 heavy (non-hydrogen) atoms. The molecule has 0 spiro atoms. The van der Waals surface area contributed by atoms with Gasteiger partial charge in [0.05, 0.1) is 18.2 Å². The SMILES string of the molecule is CC1NNC(C)C1C(=O)N1CCC(COc2cc(C3CCC3)ncn2)CC1. The fourth-order valence-electron chi connectivity index (χ4n) is 4.40. The number of hydrazine groups is 1. The lowest BCUT2D eigenvalue weighted by molar-refractivity contribution is -0.137. The van der Waals surface area contributed by atoms with Gasteiger partial charge in [0, 0.05) is 37.2 Å². The minimum Gasteiger partial charge on any atom is -0.477 e. The van der Waals surface area contributed by atoms with E-state index in [2.05, 4.69) is 34.7 Å². The number of hydrogen-bond donors (Lipinski definition) is 2. The van der Waals surface area contributed by atoms with Crippen molar-refractivity contribution in [1.29, 1.82) is 0 Å². The second-order valence-corrected chi connectivity index (χ2v) is 8.38. The predicted octanol–water partition coefficient (Wildman–Crippen LogP) is 1.86. The Labute approximate surface area is 161 Å². The van der Waals surface area contributed by atoms with Crippen LogP contribution >= 0.6 is 0 Å². The minimum atomic E-state index is 0.0174. The van der Waals surface area contributed by atoms with E-state index in [1.165, 1.54) is 19.3 Å². The Morgan fingerprint density at radius 1 is 1.15 bits per heavy atom. The quantitative estimate of drug-likeness (QED) is 0.820. The largest absolute Gasteiger partial charge is 0.477 e. The molecule has 148 valence electrons. The minimum absolute atomic E-state index is 0.0174. The van der Waals surface area contributed by atoms with Gasteiger partial charge in [-0.1, -0.05) is 6.42 Å². The average Bonchev–Trinajstić information content (AvgIpc) is 2.97. The fraction of sp³-hybridized carbons (Fsp3) is 0.750. The normalized spacial score (nSPS) is 29.6. The van der Waals surface area contributed by atoms with Gasteiger partial charge < -0.3 is 9.64 Å². The molecule has 7 nitrogen and oxygen atoms in total. The topological polar surface area (TPSA) is 79.4 Å². The first-order chi connectivity index (χ1) is 13.1. The predicted molar refractivity (Wildman–Crippen MR) is 102 cm³/mol. The number of rotatable bonds is 5. The van der Waals surface area contributed by atoms with E-state index < -0.39 is 0 Å². The van der Waals surface area contributed by atoms with Gasteiger partial charge in [-0.3, -0.25) is 15.6 Å². The Hall–Kier alpha value is -1.73. The number of likely N-dealkylation sites (tertiary alicyclic amines) is 1. The number of nitrogens with zero attached hydrogens (tertiary/aromatic N) is 3. The molecule has 2 saturated heterocycles. The summed E-state index contributed by atoms with van der Waals surface area (Å²) in [5, 5.41) is 0. The number of carbonyl (C=O) groups excluding carboxylic acids is 1. The molecule has 1 aromatic heterocycles. The van der Waals surface area contributed by atoms with E-state index in [1.807, 2.05) is 11.0 Å². The summed E-state index contributed by atoms with van der Waals surface area (Å²) in [5.74, 6) is 2.05. The molecule has 2 atom stereocenters. The van der Waals surface area contributed by atoms with Crippen molar-refractivity contribution in [2.75, 3.05) is 19.7 Å². The highest BCUT2D eigenvalue weighted by molar-refractivity contribution is 5.80. The number of ether oxygens (including phenoxy) is 1. The summed E-state index contributed by atoms with van der Waals surface area (Å²) in [4.78, 5) is 23.5. The third-order valence-electron chi connectivity index (χ3n) is 6.48. The summed E-state index contributed by atoms with van der Waals surface area (Å²) in [7, 11) is 0. The van der Waals surface area contributed by atoms with Crippen molar-refractivity contribution in [3.8, 4) is 5.88 Å². The van der Waals surface area contributed by atoms with Gasteiger partial charge in [0.2, 0.25) is 11.8 Å². The van der Waals surface area contributed by atoms with Crippen LogP contribution in [0.2, 0.25) is 0 Å². The smallest absolute Gasteiger partial charge is 0.228 e. The van der Waals surface area contributed by atoms with Crippen molar-refractivity contribution in [1.82, 2.24) is 25.7 Å². The zero-order valence-corrected chi connectivity index (χ0v) is 16.4. The molecule has 3 aliphatic rings. The van der Waals surface area contributed by atoms with Crippen LogP contribution in [0.1, 0.15) is 57.6 Å². The number of amides is 1. The zero-order chi connectivity index (χ0) is 18.8. The van der Waals surface area contributed by atoms with Crippen LogP contribution in [0, 0.1) is 11.8 Å². The lowest BCUT2D eigenvalue weighted by Gasteiger charge is -2.34. The van der Waals surface area contributed by atoms with Crippen LogP contribution < -0.4 is 15.6 Å². The van der Waals surface area contributed by atoms with E-state index in [0.29, 0.717) is 24.3 Å². The first-order valence-electron chi connectivity index (χ1n) is 10.4. The van der Waals surface area contributed by atoms with Crippen molar-refractivity contribution in [2.24, 2.45) is 11.8 Å². The zero-order valence-electron chi connectivity index (χ0n) is 16.4. The van der Waals surface area contributed by atoms with E-state index in [1.54, 1.807) is 6.33 Å². The molecule has 1 aromatic rings. The van der Waals surface area contributed by atoms with Crippen LogP contribution in [0.5, 0.6) is 5.88 Å². The molecule has 2 unspecified atom stereocenters. The van der Waals surface area contributed by atoms with Gasteiger partial charge in [-0.25, -0.2) is 9.97 Å². The maximum atomic E-state index is 12.8. The summed E-state index contributed by atoms with van der Waals surface area (Å²) in [6, 6.07) is 2.36. The monoisotopic (exact) mass is 373 g/mol. The van der Waals surface area contributed by atoms with Crippen molar-refractivity contribution in [3.05, 3.63) is 18.1 Å². The highest BCUT2D eigenvalue weighted by atomic mass is 16.5. The number of aromatic nitrogens is 2. The van der Waals surface area contributed by atoms with Gasteiger partial charge in [-0.2, -0.15) is 0 Å². The molecule has 1 saturated carbocycles. The maximum absolute atomic E-state index is 12.8. The summed E-state index contributed by atoms with van der Waals surface area (Å²) in [5.41, 5.74) is 7.47. The molecule has 4 rings (SSSR count). The Bertz CT molecular complexity index is 648. The Balaban J connectivity index is 1.24. The maximum Gasteiger partial charge on any atom is 0.228 e. The molecular formula is C20H31N5O2.